The molecule has 0 atom stereocenters. The highest BCUT2D eigenvalue weighted by Gasteiger charge is 2.03. The maximum absolute atomic E-state index is 4.58. The van der Waals surface area contributed by atoms with Gasteiger partial charge in [0.1, 0.15) is 0 Å². The second-order valence-electron chi connectivity index (χ2n) is 3.89. The second-order valence-corrected chi connectivity index (χ2v) is 4.75. The molecule has 0 radical (unpaired) electrons. The second kappa shape index (κ2) is 6.50. The number of benzene rings is 2. The van der Waals surface area contributed by atoms with Crippen LogP contribution in [0.3, 0.4) is 0 Å². The van der Waals surface area contributed by atoms with Gasteiger partial charge in [-0.2, -0.15) is 0 Å². The molecule has 1 N–H and O–H groups in total. The number of hydrogen-bond acceptors (Lipinski definition) is 3. The van der Waals surface area contributed by atoms with E-state index in [9.17, 15) is 0 Å². The zero-order chi connectivity index (χ0) is 12.2. The Morgan fingerprint density at radius 2 is 1.47 bits per heavy atom. The van der Waals surface area contributed by atoms with Crippen molar-refractivity contribution in [3.8, 4) is 11.3 Å². The van der Waals surface area contributed by atoms with E-state index >= 15 is 0 Å². The van der Waals surface area contributed by atoms with E-state index in [0.29, 0.717) is 0 Å². The average molecular weight is 332 g/mol. The molecule has 1 heterocycles. The summed E-state index contributed by atoms with van der Waals surface area (Å²) < 4.78 is 0. The van der Waals surface area contributed by atoms with Gasteiger partial charge >= 0.3 is 0 Å². The van der Waals surface area contributed by atoms with Gasteiger partial charge in [-0.1, -0.05) is 48.5 Å². The number of nitrogens with one attached hydrogen (secondary N) is 1. The van der Waals surface area contributed by atoms with Gasteiger partial charge in [-0.15, -0.1) is 11.3 Å². The lowest BCUT2D eigenvalue weighted by atomic mass is 10.2. The first-order valence-electron chi connectivity index (χ1n) is 5.75. The van der Waals surface area contributed by atoms with Crippen LogP contribution in [0.4, 0.5) is 10.8 Å². The van der Waals surface area contributed by atoms with Crippen LogP contribution >= 0.6 is 11.3 Å². The summed E-state index contributed by atoms with van der Waals surface area (Å²) in [5, 5.41) is 6.29. The van der Waals surface area contributed by atoms with Crippen LogP contribution in [0.15, 0.2) is 66.0 Å². The Morgan fingerprint density at radius 3 is 2.16 bits per heavy atom. The van der Waals surface area contributed by atoms with E-state index in [4.69, 9.17) is 0 Å². The summed E-state index contributed by atoms with van der Waals surface area (Å²) in [6, 6.07) is 20.3. The summed E-state index contributed by atoms with van der Waals surface area (Å²) in [5.41, 5.74) is 3.22. The molecular weight excluding hydrogens is 320 g/mol. The first kappa shape index (κ1) is 13.8. The topological polar surface area (TPSA) is 24.9 Å². The third-order valence-corrected chi connectivity index (χ3v) is 3.36. The predicted molar refractivity (Wildman–Crippen MR) is 77.3 cm³/mol. The Labute approximate surface area is 126 Å². The summed E-state index contributed by atoms with van der Waals surface area (Å²) in [6.07, 6.45) is 0. The summed E-state index contributed by atoms with van der Waals surface area (Å²) in [5.74, 6) is 0. The van der Waals surface area contributed by atoms with Gasteiger partial charge in [-0.3, -0.25) is 0 Å². The van der Waals surface area contributed by atoms with Crippen LogP contribution in [0.2, 0.25) is 0 Å². The quantitative estimate of drug-likeness (QED) is 0.787. The third-order valence-electron chi connectivity index (χ3n) is 2.60. The zero-order valence-electron chi connectivity index (χ0n) is 10.1. The molecule has 0 bridgehead atoms. The van der Waals surface area contributed by atoms with Crippen molar-refractivity contribution in [2.75, 3.05) is 5.32 Å². The van der Waals surface area contributed by atoms with Gasteiger partial charge in [0.2, 0.25) is 0 Å². The number of nitrogens with zero attached hydrogens (tertiary/aromatic N) is 1. The molecule has 3 rings (SSSR count). The van der Waals surface area contributed by atoms with Crippen molar-refractivity contribution in [2.24, 2.45) is 0 Å². The lowest BCUT2D eigenvalue weighted by Crippen LogP contribution is -3.00. The minimum Gasteiger partial charge on any atom is -1.00 e. The van der Waals surface area contributed by atoms with Crippen molar-refractivity contribution in [3.63, 3.8) is 0 Å². The van der Waals surface area contributed by atoms with Gasteiger partial charge in [-0.05, 0) is 12.1 Å². The Bertz CT molecular complexity index is 623. The van der Waals surface area contributed by atoms with Gasteiger partial charge in [0, 0.05) is 16.6 Å². The highest BCUT2D eigenvalue weighted by molar-refractivity contribution is 7.14. The maximum atomic E-state index is 4.58. The van der Waals surface area contributed by atoms with E-state index in [-0.39, 0.29) is 17.0 Å². The van der Waals surface area contributed by atoms with E-state index < -0.39 is 0 Å². The molecule has 0 unspecified atom stereocenters. The van der Waals surface area contributed by atoms with E-state index in [0.717, 1.165) is 22.1 Å². The van der Waals surface area contributed by atoms with E-state index in [1.165, 1.54) is 0 Å². The van der Waals surface area contributed by atoms with Gasteiger partial charge < -0.3 is 22.3 Å². The average Bonchev–Trinajstić information content (AvgIpc) is 2.89. The van der Waals surface area contributed by atoms with Gasteiger partial charge in [0.25, 0.3) is 0 Å². The summed E-state index contributed by atoms with van der Waals surface area (Å²) >= 11 is 1.62. The van der Waals surface area contributed by atoms with Crippen molar-refractivity contribution >= 4 is 22.2 Å². The predicted octanol–water partition coefficient (Wildman–Crippen LogP) is 1.56. The molecule has 0 saturated carbocycles. The van der Waals surface area contributed by atoms with Gasteiger partial charge in [0.15, 0.2) is 5.13 Å². The SMILES string of the molecule is [Br-].c1ccc(Nc2nc(-c3ccccc3)cs2)cc1. The lowest BCUT2D eigenvalue weighted by molar-refractivity contribution is -0.00000349. The number of anilines is 2. The van der Waals surface area contributed by atoms with Crippen LogP contribution < -0.4 is 22.3 Å². The van der Waals surface area contributed by atoms with Crippen molar-refractivity contribution in [3.05, 3.63) is 66.0 Å². The van der Waals surface area contributed by atoms with E-state index in [1.807, 2.05) is 48.5 Å². The van der Waals surface area contributed by atoms with Crippen LogP contribution in [0.1, 0.15) is 0 Å². The largest absolute Gasteiger partial charge is 1.00 e. The minimum absolute atomic E-state index is 0. The molecule has 4 heteroatoms. The molecule has 0 saturated heterocycles. The van der Waals surface area contributed by atoms with Crippen LogP contribution in [-0.4, -0.2) is 4.98 Å². The van der Waals surface area contributed by atoms with Crippen molar-refractivity contribution < 1.29 is 17.0 Å². The van der Waals surface area contributed by atoms with Crippen LogP contribution in [0.5, 0.6) is 0 Å². The molecular formula is C15H12BrN2S-. The first-order chi connectivity index (χ1) is 8.92. The molecule has 0 spiro atoms. The summed E-state index contributed by atoms with van der Waals surface area (Å²) in [7, 11) is 0. The monoisotopic (exact) mass is 331 g/mol. The fourth-order valence-electron chi connectivity index (χ4n) is 1.72. The molecule has 0 fully saturated rings. The van der Waals surface area contributed by atoms with Crippen LogP contribution in [-0.2, 0) is 0 Å². The van der Waals surface area contributed by atoms with Gasteiger partial charge in [0.05, 0.1) is 5.69 Å². The molecule has 3 aromatic rings. The number of aromatic nitrogens is 1. The molecule has 2 aromatic carbocycles. The zero-order valence-corrected chi connectivity index (χ0v) is 12.5. The number of halogens is 1. The first-order valence-corrected chi connectivity index (χ1v) is 6.63. The summed E-state index contributed by atoms with van der Waals surface area (Å²) in [4.78, 5) is 4.58. The Kier molecular flexibility index (Phi) is 4.71. The molecule has 96 valence electrons. The molecule has 19 heavy (non-hydrogen) atoms. The minimum atomic E-state index is 0. The smallest absolute Gasteiger partial charge is 0.187 e. The Balaban J connectivity index is 0.00000133. The number of rotatable bonds is 3. The molecule has 0 aliphatic rings. The fraction of sp³-hybridized carbons (Fsp3) is 0. The highest BCUT2D eigenvalue weighted by Crippen LogP contribution is 2.26. The lowest BCUT2D eigenvalue weighted by Gasteiger charge is -2.00. The van der Waals surface area contributed by atoms with Crippen LogP contribution in [0.25, 0.3) is 11.3 Å². The Morgan fingerprint density at radius 1 is 0.842 bits per heavy atom. The summed E-state index contributed by atoms with van der Waals surface area (Å²) in [6.45, 7) is 0. The molecule has 0 aliphatic heterocycles. The van der Waals surface area contributed by atoms with Crippen molar-refractivity contribution in [2.45, 2.75) is 0 Å². The van der Waals surface area contributed by atoms with Crippen molar-refractivity contribution in [1.82, 2.24) is 4.98 Å². The number of para-hydroxylation sites is 1. The molecule has 1 aromatic heterocycles. The third kappa shape index (κ3) is 3.43. The standard InChI is InChI=1S/C15H12N2S.BrH/c1-3-7-12(8-4-1)14-11-18-15(17-14)16-13-9-5-2-6-10-13;/h1-11H,(H,16,17);1H/p-1. The van der Waals surface area contributed by atoms with E-state index in [2.05, 4.69) is 27.8 Å². The van der Waals surface area contributed by atoms with Crippen LogP contribution in [0, 0.1) is 0 Å². The van der Waals surface area contributed by atoms with E-state index in [1.54, 1.807) is 11.3 Å². The van der Waals surface area contributed by atoms with Crippen molar-refractivity contribution in [1.29, 1.82) is 0 Å². The maximum Gasteiger partial charge on any atom is 0.187 e. The molecule has 0 amide bonds. The Hall–Kier alpha value is -1.65. The highest BCUT2D eigenvalue weighted by atomic mass is 79.9. The normalized spacial score (nSPS) is 9.68. The molecule has 2 nitrogen and oxygen atoms in total. The number of hydrogen-bond donors (Lipinski definition) is 1. The molecule has 0 aliphatic carbocycles. The fourth-order valence-corrected chi connectivity index (χ4v) is 2.46. The number of thiazole rings is 1. The van der Waals surface area contributed by atoms with Gasteiger partial charge in [-0.25, -0.2) is 4.98 Å².